The summed E-state index contributed by atoms with van der Waals surface area (Å²) < 4.78 is 6.25. The van der Waals surface area contributed by atoms with Crippen molar-refractivity contribution in [1.29, 1.82) is 0 Å². The summed E-state index contributed by atoms with van der Waals surface area (Å²) in [4.78, 5) is 13.5. The fourth-order valence-electron chi connectivity index (χ4n) is 2.95. The Morgan fingerprint density at radius 2 is 2.30 bits per heavy atom. The van der Waals surface area contributed by atoms with Crippen LogP contribution >= 0.6 is 27.5 Å². The first kappa shape index (κ1) is 18.6. The molecule has 0 spiro atoms. The number of likely N-dealkylation sites (tertiary alicyclic amines) is 1. The molecule has 1 saturated heterocycles. The van der Waals surface area contributed by atoms with E-state index in [4.69, 9.17) is 16.3 Å². The van der Waals surface area contributed by atoms with Crippen LogP contribution in [0.15, 0.2) is 22.7 Å². The molecule has 23 heavy (non-hydrogen) atoms. The fourth-order valence-corrected chi connectivity index (χ4v) is 3.75. The number of carbonyl (C=O) groups is 1. The molecule has 4 nitrogen and oxygen atoms in total. The van der Waals surface area contributed by atoms with Crippen LogP contribution in [0, 0.1) is 0 Å². The second-order valence-corrected chi connectivity index (χ2v) is 7.41. The van der Waals surface area contributed by atoms with Crippen LogP contribution in [0.3, 0.4) is 0 Å². The molecule has 0 saturated carbocycles. The molecule has 1 amide bonds. The molecule has 1 aromatic carbocycles. The van der Waals surface area contributed by atoms with Gasteiger partial charge in [0.2, 0.25) is 0 Å². The lowest BCUT2D eigenvalue weighted by Crippen LogP contribution is -3.16. The van der Waals surface area contributed by atoms with Crippen LogP contribution in [0.25, 0.3) is 0 Å². The number of benzene rings is 1. The highest BCUT2D eigenvalue weighted by Crippen LogP contribution is 2.27. The van der Waals surface area contributed by atoms with Gasteiger partial charge in [0, 0.05) is 18.0 Å². The zero-order valence-electron chi connectivity index (χ0n) is 13.5. The quantitative estimate of drug-likeness (QED) is 0.686. The van der Waals surface area contributed by atoms with Crippen molar-refractivity contribution in [2.75, 3.05) is 26.2 Å². The summed E-state index contributed by atoms with van der Waals surface area (Å²) in [5.74, 6) is 0.532. The summed E-state index contributed by atoms with van der Waals surface area (Å²) in [5.41, 5.74) is 0. The van der Waals surface area contributed by atoms with Gasteiger partial charge >= 0.3 is 0 Å². The van der Waals surface area contributed by atoms with E-state index in [2.05, 4.69) is 28.2 Å². The van der Waals surface area contributed by atoms with Gasteiger partial charge in [0.05, 0.1) is 23.6 Å². The van der Waals surface area contributed by atoms with Crippen molar-refractivity contribution >= 4 is 33.4 Å². The van der Waals surface area contributed by atoms with Crippen LogP contribution in [0.5, 0.6) is 5.75 Å². The van der Waals surface area contributed by atoms with E-state index in [-0.39, 0.29) is 12.5 Å². The maximum Gasteiger partial charge on any atom is 0.257 e. The lowest BCUT2D eigenvalue weighted by atomic mass is 10.0. The summed E-state index contributed by atoms with van der Waals surface area (Å²) in [5, 5.41) is 3.55. The van der Waals surface area contributed by atoms with E-state index in [1.54, 1.807) is 23.1 Å². The van der Waals surface area contributed by atoms with Gasteiger partial charge in [0.15, 0.2) is 6.61 Å². The molecule has 1 unspecified atom stereocenters. The first-order chi connectivity index (χ1) is 11.1. The second kappa shape index (κ2) is 9.50. The molecule has 1 aliphatic rings. The molecule has 2 rings (SSSR count). The number of carbonyl (C=O) groups excluding carboxylic acids is 1. The predicted octanol–water partition coefficient (Wildman–Crippen LogP) is 2.44. The highest BCUT2D eigenvalue weighted by atomic mass is 79.9. The van der Waals surface area contributed by atoms with Gasteiger partial charge in [0.1, 0.15) is 5.75 Å². The number of ether oxygens (including phenoxy) is 1. The Morgan fingerprint density at radius 1 is 1.48 bits per heavy atom. The summed E-state index contributed by atoms with van der Waals surface area (Å²) in [6.07, 6.45) is 5.02. The van der Waals surface area contributed by atoms with E-state index >= 15 is 0 Å². The van der Waals surface area contributed by atoms with E-state index in [9.17, 15) is 4.79 Å². The number of hydrogen-bond donors (Lipinski definition) is 2. The predicted molar refractivity (Wildman–Crippen MR) is 96.3 cm³/mol. The number of rotatable bonds is 7. The second-order valence-electron chi connectivity index (χ2n) is 6.12. The Labute approximate surface area is 151 Å². The zero-order valence-corrected chi connectivity index (χ0v) is 15.9. The van der Waals surface area contributed by atoms with Gasteiger partial charge in [-0.05, 0) is 60.3 Å². The third-order valence-electron chi connectivity index (χ3n) is 4.33. The third kappa shape index (κ3) is 6.32. The van der Waals surface area contributed by atoms with Crippen molar-refractivity contribution in [3.05, 3.63) is 27.7 Å². The molecule has 128 valence electrons. The van der Waals surface area contributed by atoms with Crippen molar-refractivity contribution in [2.24, 2.45) is 0 Å². The van der Waals surface area contributed by atoms with E-state index in [1.165, 1.54) is 25.8 Å². The van der Waals surface area contributed by atoms with E-state index in [1.807, 2.05) is 0 Å². The van der Waals surface area contributed by atoms with Gasteiger partial charge in [-0.25, -0.2) is 0 Å². The van der Waals surface area contributed by atoms with Gasteiger partial charge < -0.3 is 15.0 Å². The van der Waals surface area contributed by atoms with E-state index in [0.717, 1.165) is 23.5 Å². The Balaban J connectivity index is 1.61. The largest absolute Gasteiger partial charge is 0.483 e. The molecule has 1 aromatic rings. The van der Waals surface area contributed by atoms with Crippen molar-refractivity contribution < 1.29 is 14.4 Å². The van der Waals surface area contributed by atoms with E-state index in [0.29, 0.717) is 17.3 Å². The minimum absolute atomic E-state index is 0.0210. The fraction of sp³-hybridized carbons (Fsp3) is 0.588. The van der Waals surface area contributed by atoms with E-state index < -0.39 is 0 Å². The average Bonchev–Trinajstić information content (AvgIpc) is 2.52. The summed E-state index contributed by atoms with van der Waals surface area (Å²) in [6.45, 7) is 5.45. The Kier molecular flexibility index (Phi) is 7.66. The molecule has 0 bridgehead atoms. The van der Waals surface area contributed by atoms with Crippen molar-refractivity contribution in [2.45, 2.75) is 38.6 Å². The molecule has 1 aliphatic heterocycles. The van der Waals surface area contributed by atoms with Crippen LogP contribution in [-0.2, 0) is 4.79 Å². The average molecular weight is 405 g/mol. The highest BCUT2D eigenvalue weighted by molar-refractivity contribution is 9.10. The normalized spacial score (nSPS) is 21.0. The Bertz CT molecular complexity index is 527. The van der Waals surface area contributed by atoms with Crippen molar-refractivity contribution in [3.63, 3.8) is 0 Å². The monoisotopic (exact) mass is 403 g/mol. The lowest BCUT2D eigenvalue weighted by Gasteiger charge is -2.30. The Morgan fingerprint density at radius 3 is 3.04 bits per heavy atom. The number of amides is 1. The highest BCUT2D eigenvalue weighted by Gasteiger charge is 2.20. The molecule has 0 aromatic heterocycles. The number of nitrogens with one attached hydrogen (secondary N) is 2. The number of piperidine rings is 1. The van der Waals surface area contributed by atoms with Crippen LogP contribution in [0.1, 0.15) is 32.6 Å². The van der Waals surface area contributed by atoms with Crippen LogP contribution in [-0.4, -0.2) is 38.2 Å². The van der Waals surface area contributed by atoms with Crippen LogP contribution in [0.2, 0.25) is 5.02 Å². The topological polar surface area (TPSA) is 42.8 Å². The smallest absolute Gasteiger partial charge is 0.257 e. The number of hydrogen-bond acceptors (Lipinski definition) is 2. The molecule has 6 heteroatoms. The van der Waals surface area contributed by atoms with Crippen molar-refractivity contribution in [3.8, 4) is 5.75 Å². The first-order valence-corrected chi connectivity index (χ1v) is 9.42. The van der Waals surface area contributed by atoms with Gasteiger partial charge in [0.25, 0.3) is 5.91 Å². The standard InChI is InChI=1S/C17H24BrClN2O2/c1-13-5-2-3-9-21(13)10-4-8-20-17(22)12-23-16-7-6-14(19)11-15(16)18/h6-7,11,13H,2-5,8-10,12H2,1H3,(H,20,22)/p+1/t13-/m1/s1. The maximum absolute atomic E-state index is 11.8. The van der Waals surface area contributed by atoms with Crippen LogP contribution in [0.4, 0.5) is 0 Å². The third-order valence-corrected chi connectivity index (χ3v) is 5.19. The SMILES string of the molecule is C[C@@H]1CCCC[NH+]1CCCNC(=O)COc1ccc(Cl)cc1Br. The molecular formula is C17H25BrClN2O2+. The van der Waals surface area contributed by atoms with Crippen molar-refractivity contribution in [1.82, 2.24) is 5.32 Å². The summed E-state index contributed by atoms with van der Waals surface area (Å²) in [6, 6.07) is 5.99. The number of quaternary nitrogens is 1. The zero-order chi connectivity index (χ0) is 16.7. The van der Waals surface area contributed by atoms with Gasteiger partial charge in [-0.15, -0.1) is 0 Å². The molecule has 1 heterocycles. The van der Waals surface area contributed by atoms with Gasteiger partial charge in [-0.2, -0.15) is 0 Å². The minimum atomic E-state index is -0.0893. The van der Waals surface area contributed by atoms with Gasteiger partial charge in [-0.3, -0.25) is 4.79 Å². The number of halogens is 2. The molecule has 0 radical (unpaired) electrons. The minimum Gasteiger partial charge on any atom is -0.483 e. The van der Waals surface area contributed by atoms with Crippen LogP contribution < -0.4 is 15.0 Å². The molecular weight excluding hydrogens is 380 g/mol. The molecule has 2 atom stereocenters. The summed E-state index contributed by atoms with van der Waals surface area (Å²) >= 11 is 9.24. The first-order valence-electron chi connectivity index (χ1n) is 8.25. The lowest BCUT2D eigenvalue weighted by molar-refractivity contribution is -0.928. The maximum atomic E-state index is 11.8. The van der Waals surface area contributed by atoms with Gasteiger partial charge in [-0.1, -0.05) is 11.6 Å². The molecule has 0 aliphatic carbocycles. The Hall–Kier alpha value is -0.780. The molecule has 2 N–H and O–H groups in total. The molecule has 1 fully saturated rings. The summed E-state index contributed by atoms with van der Waals surface area (Å²) in [7, 11) is 0.